The molecule has 2 saturated heterocycles. The van der Waals surface area contributed by atoms with Crippen molar-refractivity contribution in [3.8, 4) is 0 Å². The first-order chi connectivity index (χ1) is 6.64. The first kappa shape index (κ1) is 10.1. The van der Waals surface area contributed by atoms with Crippen molar-refractivity contribution in [3.63, 3.8) is 0 Å². The molecule has 0 unspecified atom stereocenters. The van der Waals surface area contributed by atoms with Gasteiger partial charge in [0.25, 0.3) is 0 Å². The zero-order valence-electron chi connectivity index (χ0n) is 9.08. The Labute approximate surface area is 85.4 Å². The Morgan fingerprint density at radius 2 is 2.00 bits per heavy atom. The van der Waals surface area contributed by atoms with E-state index in [9.17, 15) is 4.79 Å². The number of hydrogen-bond donors (Lipinski definition) is 0. The summed E-state index contributed by atoms with van der Waals surface area (Å²) < 4.78 is 5.65. The summed E-state index contributed by atoms with van der Waals surface area (Å²) >= 11 is 0. The molecule has 0 N–H and O–H groups in total. The van der Waals surface area contributed by atoms with Crippen molar-refractivity contribution in [2.75, 3.05) is 19.7 Å². The molecule has 0 atom stereocenters. The van der Waals surface area contributed by atoms with E-state index in [2.05, 4.69) is 18.7 Å². The number of ketones is 1. The molecule has 0 saturated carbocycles. The minimum atomic E-state index is -0.384. The zero-order chi connectivity index (χ0) is 10.2. The number of carbonyl (C=O) groups excluding carboxylic acids is 1. The first-order valence-electron chi connectivity index (χ1n) is 5.55. The molecule has 0 aliphatic carbocycles. The number of likely N-dealkylation sites (tertiary alicyclic amines) is 1. The van der Waals surface area contributed by atoms with Crippen molar-refractivity contribution in [3.05, 3.63) is 0 Å². The number of hydrogen-bond acceptors (Lipinski definition) is 3. The molecule has 2 aliphatic heterocycles. The van der Waals surface area contributed by atoms with E-state index >= 15 is 0 Å². The molecule has 2 aliphatic rings. The number of Topliss-reactive ketones (excluding diaryl/α,β-unsaturated/α-hetero) is 1. The maximum Gasteiger partial charge on any atom is 0.167 e. The van der Waals surface area contributed by atoms with Gasteiger partial charge in [0.1, 0.15) is 5.60 Å². The van der Waals surface area contributed by atoms with E-state index in [1.807, 2.05) is 0 Å². The van der Waals surface area contributed by atoms with Gasteiger partial charge in [0.05, 0.1) is 6.61 Å². The second-order valence-electron chi connectivity index (χ2n) is 4.65. The van der Waals surface area contributed by atoms with Crippen LogP contribution < -0.4 is 0 Å². The molecule has 2 rings (SSSR count). The molecule has 0 amide bonds. The van der Waals surface area contributed by atoms with Gasteiger partial charge < -0.3 is 9.64 Å². The fourth-order valence-electron chi connectivity index (χ4n) is 2.47. The summed E-state index contributed by atoms with van der Waals surface area (Å²) in [6.07, 6.45) is 2.41. The van der Waals surface area contributed by atoms with E-state index in [1.165, 1.54) is 0 Å². The smallest absolute Gasteiger partial charge is 0.167 e. The third-order valence-electron chi connectivity index (χ3n) is 3.55. The number of piperidine rings is 1. The molecule has 0 aromatic rings. The van der Waals surface area contributed by atoms with Gasteiger partial charge in [-0.3, -0.25) is 4.79 Å². The lowest BCUT2D eigenvalue weighted by atomic mass is 9.87. The Morgan fingerprint density at radius 3 is 2.43 bits per heavy atom. The molecule has 2 heterocycles. The first-order valence-corrected chi connectivity index (χ1v) is 5.55. The van der Waals surface area contributed by atoms with Crippen LogP contribution in [0, 0.1) is 0 Å². The van der Waals surface area contributed by atoms with E-state index < -0.39 is 0 Å². The van der Waals surface area contributed by atoms with Gasteiger partial charge in [-0.15, -0.1) is 0 Å². The largest absolute Gasteiger partial charge is 0.367 e. The quantitative estimate of drug-likeness (QED) is 0.633. The van der Waals surface area contributed by atoms with Gasteiger partial charge in [0, 0.05) is 25.6 Å². The normalized spacial score (nSPS) is 27.8. The number of rotatable bonds is 1. The van der Waals surface area contributed by atoms with Crippen LogP contribution in [-0.4, -0.2) is 42.0 Å². The van der Waals surface area contributed by atoms with E-state index in [1.54, 1.807) is 0 Å². The fraction of sp³-hybridized carbons (Fsp3) is 0.909. The number of nitrogens with zero attached hydrogens (tertiary/aromatic N) is 1. The highest BCUT2D eigenvalue weighted by atomic mass is 16.5. The third kappa shape index (κ3) is 1.59. The summed E-state index contributed by atoms with van der Waals surface area (Å²) in [7, 11) is 0. The van der Waals surface area contributed by atoms with Crippen LogP contribution in [0.15, 0.2) is 0 Å². The maximum absolute atomic E-state index is 11.7. The van der Waals surface area contributed by atoms with E-state index in [-0.39, 0.29) is 5.60 Å². The van der Waals surface area contributed by atoms with Gasteiger partial charge in [-0.1, -0.05) is 0 Å². The average molecular weight is 197 g/mol. The van der Waals surface area contributed by atoms with Gasteiger partial charge in [-0.25, -0.2) is 0 Å². The van der Waals surface area contributed by atoms with Crippen LogP contribution in [0.2, 0.25) is 0 Å². The van der Waals surface area contributed by atoms with E-state index in [0.717, 1.165) is 25.9 Å². The van der Waals surface area contributed by atoms with Crippen molar-refractivity contribution < 1.29 is 9.53 Å². The molecule has 0 aromatic heterocycles. The Bertz CT molecular complexity index is 229. The highest BCUT2D eigenvalue weighted by molar-refractivity contribution is 5.89. The second-order valence-corrected chi connectivity index (χ2v) is 4.65. The van der Waals surface area contributed by atoms with Crippen LogP contribution in [0.1, 0.15) is 33.1 Å². The van der Waals surface area contributed by atoms with Gasteiger partial charge >= 0.3 is 0 Å². The van der Waals surface area contributed by atoms with Crippen molar-refractivity contribution in [2.45, 2.75) is 44.8 Å². The van der Waals surface area contributed by atoms with Crippen molar-refractivity contribution in [1.29, 1.82) is 0 Å². The lowest BCUT2D eigenvalue weighted by Crippen LogP contribution is -2.49. The molecule has 1 spiro atoms. The minimum Gasteiger partial charge on any atom is -0.367 e. The monoisotopic (exact) mass is 197 g/mol. The molecule has 0 aromatic carbocycles. The second kappa shape index (κ2) is 3.63. The minimum absolute atomic E-state index is 0.334. The van der Waals surface area contributed by atoms with Gasteiger partial charge in [-0.05, 0) is 26.7 Å². The van der Waals surface area contributed by atoms with Crippen molar-refractivity contribution in [1.82, 2.24) is 4.90 Å². The van der Waals surface area contributed by atoms with Gasteiger partial charge in [0.2, 0.25) is 0 Å². The molecule has 0 radical (unpaired) electrons. The van der Waals surface area contributed by atoms with Crippen molar-refractivity contribution >= 4 is 5.78 Å². The highest BCUT2D eigenvalue weighted by Gasteiger charge is 2.45. The Morgan fingerprint density at radius 1 is 1.36 bits per heavy atom. The molecule has 3 nitrogen and oxygen atoms in total. The third-order valence-corrected chi connectivity index (χ3v) is 3.55. The SMILES string of the molecule is CC(C)N1CCC2(CC1)OCCC2=O. The summed E-state index contributed by atoms with van der Waals surface area (Å²) in [6, 6.07) is 0.587. The molecular formula is C11H19NO2. The van der Waals surface area contributed by atoms with E-state index in [0.29, 0.717) is 24.9 Å². The van der Waals surface area contributed by atoms with Crippen LogP contribution >= 0.6 is 0 Å². The molecule has 0 bridgehead atoms. The summed E-state index contributed by atoms with van der Waals surface area (Å²) in [5, 5.41) is 0. The van der Waals surface area contributed by atoms with Gasteiger partial charge in [0.15, 0.2) is 5.78 Å². The predicted octanol–water partition coefficient (Wildman–Crippen LogP) is 1.22. The Balaban J connectivity index is 1.98. The van der Waals surface area contributed by atoms with Crippen LogP contribution in [0.25, 0.3) is 0 Å². The van der Waals surface area contributed by atoms with Crippen LogP contribution in [-0.2, 0) is 9.53 Å². The molecular weight excluding hydrogens is 178 g/mol. The number of carbonyl (C=O) groups is 1. The highest BCUT2D eigenvalue weighted by Crippen LogP contribution is 2.33. The summed E-state index contributed by atoms with van der Waals surface area (Å²) in [6.45, 7) is 7.05. The zero-order valence-corrected chi connectivity index (χ0v) is 9.08. The average Bonchev–Trinajstić information content (AvgIpc) is 2.49. The number of ether oxygens (including phenoxy) is 1. The summed E-state index contributed by atoms with van der Waals surface area (Å²) in [5.41, 5.74) is -0.384. The molecule has 3 heteroatoms. The van der Waals surface area contributed by atoms with E-state index in [4.69, 9.17) is 4.74 Å². The van der Waals surface area contributed by atoms with Crippen LogP contribution in [0.5, 0.6) is 0 Å². The van der Waals surface area contributed by atoms with Crippen molar-refractivity contribution in [2.24, 2.45) is 0 Å². The Hall–Kier alpha value is -0.410. The summed E-state index contributed by atoms with van der Waals surface area (Å²) in [4.78, 5) is 14.1. The lowest BCUT2D eigenvalue weighted by Gasteiger charge is -2.39. The molecule has 14 heavy (non-hydrogen) atoms. The summed E-state index contributed by atoms with van der Waals surface area (Å²) in [5.74, 6) is 0.334. The molecule has 2 fully saturated rings. The standard InChI is InChI=1S/C11H19NO2/c1-9(2)12-6-4-11(5-7-12)10(13)3-8-14-11/h9H,3-8H2,1-2H3. The van der Waals surface area contributed by atoms with Gasteiger partial charge in [-0.2, -0.15) is 0 Å². The topological polar surface area (TPSA) is 29.5 Å². The fourth-order valence-corrected chi connectivity index (χ4v) is 2.47. The maximum atomic E-state index is 11.7. The van der Waals surface area contributed by atoms with Crippen LogP contribution in [0.3, 0.4) is 0 Å². The van der Waals surface area contributed by atoms with Crippen LogP contribution in [0.4, 0.5) is 0 Å². The lowest BCUT2D eigenvalue weighted by molar-refractivity contribution is -0.137. The predicted molar refractivity (Wildman–Crippen MR) is 54.3 cm³/mol. The Kier molecular flexibility index (Phi) is 2.62. The molecule has 80 valence electrons.